The van der Waals surface area contributed by atoms with Crippen molar-refractivity contribution in [1.82, 2.24) is 10.2 Å². The molecule has 1 aliphatic heterocycles. The molecule has 0 bridgehead atoms. The Bertz CT molecular complexity index is 329. The van der Waals surface area contributed by atoms with Crippen LogP contribution in [0.3, 0.4) is 0 Å². The molecule has 0 spiro atoms. The van der Waals surface area contributed by atoms with Crippen molar-refractivity contribution in [3.05, 3.63) is 22.4 Å². The smallest absolute Gasteiger partial charge is 0.240 e. The summed E-state index contributed by atoms with van der Waals surface area (Å²) in [6, 6.07) is -0.833. The van der Waals surface area contributed by atoms with Gasteiger partial charge < -0.3 is 4.90 Å². The number of nitrogens with zero attached hydrogens (tertiary/aromatic N) is 2. The Kier molecular flexibility index (Phi) is 2.81. The SMILES string of the molecule is C=C1N(C)C(=O)CN[C@@]1(C)C(C)[N+](=O)[O-]. The summed E-state index contributed by atoms with van der Waals surface area (Å²) >= 11 is 0. The molecule has 1 N–H and O–H groups in total. The Labute approximate surface area is 88.1 Å². The third kappa shape index (κ3) is 1.72. The zero-order valence-corrected chi connectivity index (χ0v) is 9.11. The molecule has 2 atom stereocenters. The molecule has 1 aliphatic rings. The van der Waals surface area contributed by atoms with Gasteiger partial charge in [0.05, 0.1) is 6.54 Å². The molecule has 0 radical (unpaired) electrons. The summed E-state index contributed by atoms with van der Waals surface area (Å²) in [5, 5.41) is 13.6. The largest absolute Gasteiger partial charge is 0.317 e. The van der Waals surface area contributed by atoms with Crippen LogP contribution in [0.25, 0.3) is 0 Å². The minimum Gasteiger partial charge on any atom is -0.317 e. The van der Waals surface area contributed by atoms with Crippen LogP contribution in [-0.2, 0) is 4.79 Å². The van der Waals surface area contributed by atoms with Crippen LogP contribution in [0.5, 0.6) is 0 Å². The van der Waals surface area contributed by atoms with Crippen molar-refractivity contribution in [2.45, 2.75) is 25.4 Å². The quantitative estimate of drug-likeness (QED) is 0.517. The maximum absolute atomic E-state index is 11.3. The number of carbonyl (C=O) groups is 1. The lowest BCUT2D eigenvalue weighted by Gasteiger charge is -2.41. The molecule has 0 aromatic carbocycles. The van der Waals surface area contributed by atoms with E-state index in [0.717, 1.165) is 0 Å². The van der Waals surface area contributed by atoms with Crippen LogP contribution in [0.1, 0.15) is 13.8 Å². The topological polar surface area (TPSA) is 75.5 Å². The summed E-state index contributed by atoms with van der Waals surface area (Å²) in [7, 11) is 1.58. The highest BCUT2D eigenvalue weighted by Gasteiger charge is 2.47. The summed E-state index contributed by atoms with van der Waals surface area (Å²) in [5.74, 6) is -0.131. The maximum Gasteiger partial charge on any atom is 0.240 e. The molecule has 0 saturated carbocycles. The lowest BCUT2D eigenvalue weighted by atomic mass is 9.88. The number of likely N-dealkylation sites (N-methyl/N-ethyl adjacent to an activating group) is 1. The summed E-state index contributed by atoms with van der Waals surface area (Å²) < 4.78 is 0. The van der Waals surface area contributed by atoms with Gasteiger partial charge in [-0.2, -0.15) is 0 Å². The zero-order valence-electron chi connectivity index (χ0n) is 9.11. The minimum atomic E-state index is -0.869. The number of nitrogens with one attached hydrogen (secondary N) is 1. The lowest BCUT2D eigenvalue weighted by molar-refractivity contribution is -0.528. The van der Waals surface area contributed by atoms with Crippen LogP contribution in [0.4, 0.5) is 0 Å². The Balaban J connectivity index is 2.99. The van der Waals surface area contributed by atoms with E-state index in [1.165, 1.54) is 11.8 Å². The number of hydrogen-bond acceptors (Lipinski definition) is 4. The first kappa shape index (κ1) is 11.6. The van der Waals surface area contributed by atoms with E-state index < -0.39 is 11.6 Å². The Morgan fingerprint density at radius 1 is 1.73 bits per heavy atom. The Hall–Kier alpha value is -1.43. The Morgan fingerprint density at radius 2 is 2.27 bits per heavy atom. The molecule has 1 saturated heterocycles. The first-order chi connectivity index (χ1) is 6.80. The van der Waals surface area contributed by atoms with Gasteiger partial charge in [0.1, 0.15) is 5.54 Å². The minimum absolute atomic E-state index is 0.101. The van der Waals surface area contributed by atoms with Crippen LogP contribution >= 0.6 is 0 Å². The highest BCUT2D eigenvalue weighted by Crippen LogP contribution is 2.26. The molecule has 1 heterocycles. The highest BCUT2D eigenvalue weighted by molar-refractivity contribution is 5.81. The van der Waals surface area contributed by atoms with Gasteiger partial charge >= 0.3 is 0 Å². The van der Waals surface area contributed by atoms with E-state index in [2.05, 4.69) is 11.9 Å². The number of piperazine rings is 1. The Morgan fingerprint density at radius 3 is 2.73 bits per heavy atom. The number of carbonyl (C=O) groups excluding carboxylic acids is 1. The summed E-state index contributed by atoms with van der Waals surface area (Å²) in [5.41, 5.74) is -0.436. The maximum atomic E-state index is 11.3. The molecular weight excluding hydrogens is 198 g/mol. The first-order valence-corrected chi connectivity index (χ1v) is 4.65. The third-order valence-electron chi connectivity index (χ3n) is 3.14. The molecule has 1 fully saturated rings. The third-order valence-corrected chi connectivity index (χ3v) is 3.14. The molecule has 1 amide bonds. The predicted molar refractivity (Wildman–Crippen MR) is 54.8 cm³/mol. The van der Waals surface area contributed by atoms with Crippen molar-refractivity contribution < 1.29 is 9.72 Å². The average molecular weight is 213 g/mol. The van der Waals surface area contributed by atoms with Crippen molar-refractivity contribution in [3.63, 3.8) is 0 Å². The van der Waals surface area contributed by atoms with Crippen LogP contribution < -0.4 is 5.32 Å². The second-order valence-electron chi connectivity index (χ2n) is 3.92. The van der Waals surface area contributed by atoms with Crippen molar-refractivity contribution in [2.75, 3.05) is 13.6 Å². The van der Waals surface area contributed by atoms with E-state index in [4.69, 9.17) is 0 Å². The molecule has 0 aromatic rings. The first-order valence-electron chi connectivity index (χ1n) is 4.65. The van der Waals surface area contributed by atoms with Crippen molar-refractivity contribution >= 4 is 5.91 Å². The van der Waals surface area contributed by atoms with Gasteiger partial charge in [-0.25, -0.2) is 0 Å². The van der Waals surface area contributed by atoms with Crippen molar-refractivity contribution in [2.24, 2.45) is 0 Å². The van der Waals surface area contributed by atoms with Crippen molar-refractivity contribution in [3.8, 4) is 0 Å². The second kappa shape index (κ2) is 3.62. The molecule has 6 nitrogen and oxygen atoms in total. The molecular formula is C9H15N3O3. The summed E-state index contributed by atoms with van der Waals surface area (Å²) in [6.45, 7) is 7.03. The molecule has 6 heteroatoms. The monoisotopic (exact) mass is 213 g/mol. The van der Waals surface area contributed by atoms with Crippen molar-refractivity contribution in [1.29, 1.82) is 0 Å². The highest BCUT2D eigenvalue weighted by atomic mass is 16.6. The van der Waals surface area contributed by atoms with Crippen LogP contribution in [0, 0.1) is 10.1 Å². The van der Waals surface area contributed by atoms with Gasteiger partial charge in [0, 0.05) is 24.6 Å². The molecule has 1 rings (SSSR count). The number of amides is 1. The van der Waals surface area contributed by atoms with E-state index in [0.29, 0.717) is 5.70 Å². The average Bonchev–Trinajstić information content (AvgIpc) is 2.19. The zero-order chi connectivity index (χ0) is 11.8. The van der Waals surface area contributed by atoms with E-state index >= 15 is 0 Å². The summed E-state index contributed by atoms with van der Waals surface area (Å²) in [4.78, 5) is 23.1. The van der Waals surface area contributed by atoms with E-state index in [1.54, 1.807) is 14.0 Å². The van der Waals surface area contributed by atoms with E-state index in [-0.39, 0.29) is 17.4 Å². The number of nitro groups is 1. The molecule has 0 aromatic heterocycles. The lowest BCUT2D eigenvalue weighted by Crippen LogP contribution is -2.64. The van der Waals surface area contributed by atoms with Gasteiger partial charge in [0.25, 0.3) is 0 Å². The molecule has 84 valence electrons. The van der Waals surface area contributed by atoms with Gasteiger partial charge in [-0.3, -0.25) is 20.2 Å². The van der Waals surface area contributed by atoms with E-state index in [9.17, 15) is 14.9 Å². The van der Waals surface area contributed by atoms with E-state index in [1.807, 2.05) is 0 Å². The molecule has 1 unspecified atom stereocenters. The van der Waals surface area contributed by atoms with Gasteiger partial charge in [0.15, 0.2) is 0 Å². The normalized spacial score (nSPS) is 29.1. The number of rotatable bonds is 2. The van der Waals surface area contributed by atoms with Crippen LogP contribution in [0.15, 0.2) is 12.3 Å². The van der Waals surface area contributed by atoms with Crippen LogP contribution in [-0.4, -0.2) is 40.9 Å². The fourth-order valence-corrected chi connectivity index (χ4v) is 1.58. The van der Waals surface area contributed by atoms with Crippen LogP contribution in [0.2, 0.25) is 0 Å². The molecule has 0 aliphatic carbocycles. The molecule has 15 heavy (non-hydrogen) atoms. The fraction of sp³-hybridized carbons (Fsp3) is 0.667. The standard InChI is InChI=1S/C9H15N3O3/c1-6-9(3,7(2)12(14)15)10-5-8(13)11(6)4/h7,10H,1,5H2,2-4H3/t7?,9-/m1/s1. The van der Waals surface area contributed by atoms with Gasteiger partial charge in [-0.1, -0.05) is 6.58 Å². The van der Waals surface area contributed by atoms with Gasteiger partial charge in [-0.05, 0) is 6.92 Å². The second-order valence-corrected chi connectivity index (χ2v) is 3.92. The van der Waals surface area contributed by atoms with Gasteiger partial charge in [0.2, 0.25) is 11.9 Å². The number of hydrogen-bond donors (Lipinski definition) is 1. The van der Waals surface area contributed by atoms with Gasteiger partial charge in [-0.15, -0.1) is 0 Å². The fourth-order valence-electron chi connectivity index (χ4n) is 1.58. The predicted octanol–water partition coefficient (Wildman–Crippen LogP) is -0.0144. The summed E-state index contributed by atoms with van der Waals surface area (Å²) in [6.07, 6.45) is 0.